The quantitative estimate of drug-likeness (QED) is 0.871. The lowest BCUT2D eigenvalue weighted by Gasteiger charge is -2.35. The summed E-state index contributed by atoms with van der Waals surface area (Å²) in [6, 6.07) is 4.08. The van der Waals surface area contributed by atoms with Crippen LogP contribution in [0, 0.1) is 0 Å². The molecule has 0 aliphatic carbocycles. The fourth-order valence-corrected chi connectivity index (χ4v) is 3.84. The van der Waals surface area contributed by atoms with E-state index in [1.807, 2.05) is 29.4 Å². The molecular weight excluding hydrogens is 318 g/mol. The average molecular weight is 343 g/mol. The minimum atomic E-state index is -0.285. The number of hydrogen-bond acceptors (Lipinski definition) is 6. The Balaban J connectivity index is 1.28. The molecule has 1 unspecified atom stereocenters. The third-order valence-corrected chi connectivity index (χ3v) is 5.33. The number of hydrogen-bond donors (Lipinski definition) is 1. The molecule has 0 radical (unpaired) electrons. The Hall–Kier alpha value is -1.99. The van der Waals surface area contributed by atoms with Crippen LogP contribution in [0.25, 0.3) is 0 Å². The van der Waals surface area contributed by atoms with E-state index in [1.165, 1.54) is 5.56 Å². The van der Waals surface area contributed by atoms with Gasteiger partial charge < -0.3 is 15.1 Å². The molecule has 0 bridgehead atoms. The molecule has 3 aliphatic heterocycles. The molecule has 1 amide bonds. The number of piperazine rings is 1. The Kier molecular flexibility index (Phi) is 4.67. The van der Waals surface area contributed by atoms with Crippen molar-refractivity contribution in [3.8, 4) is 0 Å². The van der Waals surface area contributed by atoms with Gasteiger partial charge in [-0.25, -0.2) is 0 Å². The molecule has 134 valence electrons. The predicted octanol–water partition coefficient (Wildman–Crippen LogP) is 0.624. The van der Waals surface area contributed by atoms with E-state index in [4.69, 9.17) is 4.84 Å². The third-order valence-electron chi connectivity index (χ3n) is 5.33. The van der Waals surface area contributed by atoms with E-state index >= 15 is 0 Å². The Labute approximate surface area is 148 Å². The lowest BCUT2D eigenvalue weighted by molar-refractivity contribution is -0.126. The summed E-state index contributed by atoms with van der Waals surface area (Å²) in [4.78, 5) is 26.8. The van der Waals surface area contributed by atoms with Crippen molar-refractivity contribution in [3.05, 3.63) is 30.1 Å². The predicted molar refractivity (Wildman–Crippen MR) is 94.1 cm³/mol. The van der Waals surface area contributed by atoms with Gasteiger partial charge in [0.25, 0.3) is 5.91 Å². The summed E-state index contributed by atoms with van der Waals surface area (Å²) in [5.74, 6) is 0.0472. The average Bonchev–Trinajstić information content (AvgIpc) is 3.06. The van der Waals surface area contributed by atoms with Gasteiger partial charge in [-0.15, -0.1) is 0 Å². The van der Waals surface area contributed by atoms with Crippen molar-refractivity contribution in [3.63, 3.8) is 0 Å². The van der Waals surface area contributed by atoms with Crippen molar-refractivity contribution in [2.75, 3.05) is 39.3 Å². The van der Waals surface area contributed by atoms with E-state index in [0.29, 0.717) is 12.1 Å². The summed E-state index contributed by atoms with van der Waals surface area (Å²) in [6.45, 7) is 5.97. The molecule has 7 nitrogen and oxygen atoms in total. The molecular formula is C18H25N5O2. The number of aromatic nitrogens is 1. The number of carbonyl (C=O) groups excluding carboxylic acids is 1. The van der Waals surface area contributed by atoms with Gasteiger partial charge in [0.05, 0.1) is 0 Å². The van der Waals surface area contributed by atoms with Crippen LogP contribution >= 0.6 is 0 Å². The van der Waals surface area contributed by atoms with E-state index in [-0.39, 0.29) is 11.5 Å². The van der Waals surface area contributed by atoms with Gasteiger partial charge in [-0.1, -0.05) is 5.16 Å². The summed E-state index contributed by atoms with van der Waals surface area (Å²) in [7, 11) is 0. The SMILES string of the molecule is O=C(C1=NOC2(CCCNC2)C1)N1CCN(Cc2ccncc2)CC1. The Morgan fingerprint density at radius 1 is 1.24 bits per heavy atom. The first-order valence-electron chi connectivity index (χ1n) is 9.10. The van der Waals surface area contributed by atoms with Gasteiger partial charge in [0, 0.05) is 58.1 Å². The molecule has 7 heteroatoms. The van der Waals surface area contributed by atoms with Gasteiger partial charge in [0.15, 0.2) is 5.60 Å². The largest absolute Gasteiger partial charge is 0.387 e. The maximum absolute atomic E-state index is 12.8. The van der Waals surface area contributed by atoms with Gasteiger partial charge in [-0.2, -0.15) is 0 Å². The maximum atomic E-state index is 12.8. The van der Waals surface area contributed by atoms with Crippen LogP contribution < -0.4 is 5.32 Å². The van der Waals surface area contributed by atoms with Gasteiger partial charge in [-0.3, -0.25) is 14.7 Å². The molecule has 1 N–H and O–H groups in total. The van der Waals surface area contributed by atoms with Gasteiger partial charge in [-0.05, 0) is 37.1 Å². The second-order valence-electron chi connectivity index (χ2n) is 7.19. The fraction of sp³-hybridized carbons (Fsp3) is 0.611. The van der Waals surface area contributed by atoms with Crippen LogP contribution in [-0.2, 0) is 16.2 Å². The number of oxime groups is 1. The molecule has 1 aromatic rings. The minimum absolute atomic E-state index is 0.0472. The Bertz CT molecular complexity index is 634. The first-order valence-corrected chi connectivity index (χ1v) is 9.10. The van der Waals surface area contributed by atoms with E-state index in [1.54, 1.807) is 0 Å². The van der Waals surface area contributed by atoms with Crippen molar-refractivity contribution < 1.29 is 9.63 Å². The zero-order valence-corrected chi connectivity index (χ0v) is 14.5. The highest BCUT2D eigenvalue weighted by molar-refractivity contribution is 6.39. The maximum Gasteiger partial charge on any atom is 0.271 e. The van der Waals surface area contributed by atoms with Crippen LogP contribution in [0.2, 0.25) is 0 Å². The van der Waals surface area contributed by atoms with E-state index in [0.717, 1.165) is 58.7 Å². The van der Waals surface area contributed by atoms with Crippen LogP contribution in [-0.4, -0.2) is 71.3 Å². The Morgan fingerprint density at radius 3 is 2.76 bits per heavy atom. The summed E-state index contributed by atoms with van der Waals surface area (Å²) in [6.07, 6.45) is 6.33. The number of carbonyl (C=O) groups is 1. The molecule has 25 heavy (non-hydrogen) atoms. The van der Waals surface area contributed by atoms with Crippen molar-refractivity contribution in [1.29, 1.82) is 0 Å². The number of nitrogens with zero attached hydrogens (tertiary/aromatic N) is 4. The zero-order valence-electron chi connectivity index (χ0n) is 14.5. The minimum Gasteiger partial charge on any atom is -0.387 e. The summed E-state index contributed by atoms with van der Waals surface area (Å²) < 4.78 is 0. The number of nitrogens with one attached hydrogen (secondary N) is 1. The molecule has 2 saturated heterocycles. The first kappa shape index (κ1) is 16.5. The summed E-state index contributed by atoms with van der Waals surface area (Å²) in [5.41, 5.74) is 1.56. The van der Waals surface area contributed by atoms with Crippen molar-refractivity contribution in [2.45, 2.75) is 31.4 Å². The number of piperidine rings is 1. The first-order chi connectivity index (χ1) is 12.2. The van der Waals surface area contributed by atoms with Gasteiger partial charge in [0.2, 0.25) is 0 Å². The molecule has 1 atom stereocenters. The van der Waals surface area contributed by atoms with Crippen molar-refractivity contribution in [2.24, 2.45) is 5.16 Å². The highest BCUT2D eigenvalue weighted by Gasteiger charge is 2.43. The molecule has 2 fully saturated rings. The number of rotatable bonds is 3. The monoisotopic (exact) mass is 343 g/mol. The standard InChI is InChI=1S/C18H25N5O2/c24-17(16-12-18(25-21-16)4-1-5-20-14-18)23-10-8-22(9-11-23)13-15-2-6-19-7-3-15/h2-3,6-7,20H,1,4-5,8-14H2. The van der Waals surface area contributed by atoms with Crippen LogP contribution in [0.15, 0.2) is 29.7 Å². The topological polar surface area (TPSA) is 70.1 Å². The van der Waals surface area contributed by atoms with E-state index in [2.05, 4.69) is 20.4 Å². The highest BCUT2D eigenvalue weighted by Crippen LogP contribution is 2.31. The zero-order chi connectivity index (χ0) is 17.1. The molecule has 4 rings (SSSR count). The number of amides is 1. The molecule has 1 aromatic heterocycles. The summed E-state index contributed by atoms with van der Waals surface area (Å²) in [5, 5.41) is 7.49. The lowest BCUT2D eigenvalue weighted by atomic mass is 9.89. The lowest BCUT2D eigenvalue weighted by Crippen LogP contribution is -2.51. The summed E-state index contributed by atoms with van der Waals surface area (Å²) >= 11 is 0. The molecule has 0 saturated carbocycles. The van der Waals surface area contributed by atoms with Gasteiger partial charge >= 0.3 is 0 Å². The van der Waals surface area contributed by atoms with Crippen LogP contribution in [0.4, 0.5) is 0 Å². The van der Waals surface area contributed by atoms with Crippen LogP contribution in [0.3, 0.4) is 0 Å². The second kappa shape index (κ2) is 7.09. The molecule has 1 spiro atoms. The molecule has 4 heterocycles. The third kappa shape index (κ3) is 3.67. The van der Waals surface area contributed by atoms with E-state index in [9.17, 15) is 4.79 Å². The van der Waals surface area contributed by atoms with Crippen molar-refractivity contribution in [1.82, 2.24) is 20.1 Å². The Morgan fingerprint density at radius 2 is 2.04 bits per heavy atom. The fourth-order valence-electron chi connectivity index (χ4n) is 3.84. The van der Waals surface area contributed by atoms with Crippen LogP contribution in [0.5, 0.6) is 0 Å². The van der Waals surface area contributed by atoms with Crippen molar-refractivity contribution >= 4 is 11.6 Å². The van der Waals surface area contributed by atoms with Gasteiger partial charge in [0.1, 0.15) is 5.71 Å². The number of pyridine rings is 1. The van der Waals surface area contributed by atoms with E-state index < -0.39 is 0 Å². The van der Waals surface area contributed by atoms with Crippen LogP contribution in [0.1, 0.15) is 24.8 Å². The second-order valence-corrected chi connectivity index (χ2v) is 7.19. The smallest absolute Gasteiger partial charge is 0.271 e. The molecule has 3 aliphatic rings. The normalized spacial score (nSPS) is 27.2. The highest BCUT2D eigenvalue weighted by atomic mass is 16.7. The molecule has 0 aromatic carbocycles.